The molecule has 0 bridgehead atoms. The molecule has 2 aliphatic carbocycles. The molecule has 2 aromatic heterocycles. The summed E-state index contributed by atoms with van der Waals surface area (Å²) in [5.74, 6) is 0.936. The molecule has 26 rings (SSSR count). The van der Waals surface area contributed by atoms with Gasteiger partial charge in [-0.2, -0.15) is 10.5 Å². The predicted molar refractivity (Wildman–Crippen MR) is 603 cm³/mol. The maximum Gasteiger partial charge on any atom is 0.808 e. The van der Waals surface area contributed by atoms with Gasteiger partial charge in [-0.3, -0.25) is 8.63 Å². The number of hydrogen-bond acceptors (Lipinski definition) is 7. The monoisotopic (exact) mass is 1930 g/mol. The number of fused-ring (bicyclic) bond motifs is 6. The Hall–Kier alpha value is -19.7. The van der Waals surface area contributed by atoms with Gasteiger partial charge in [-0.1, -0.05) is 382 Å². The summed E-state index contributed by atoms with van der Waals surface area (Å²) in [6, 6.07) is 173. The molecule has 20 aromatic carbocycles. The summed E-state index contributed by atoms with van der Waals surface area (Å²) in [4.78, 5) is 20.3. The Kier molecular flexibility index (Phi) is 22.6. The first-order chi connectivity index (χ1) is 74.0. The van der Waals surface area contributed by atoms with E-state index < -0.39 is 25.6 Å². The molecule has 150 heavy (non-hydrogen) atoms. The van der Waals surface area contributed by atoms with E-state index in [2.05, 4.69) is 337 Å². The third kappa shape index (κ3) is 15.1. The molecule has 704 valence electrons. The van der Waals surface area contributed by atoms with Crippen molar-refractivity contribution < 1.29 is 21.7 Å². The fraction of sp³-hybridized carbons (Fsp3) is 0.0149. The van der Waals surface area contributed by atoms with E-state index >= 15 is 17.3 Å². The Morgan fingerprint density at radius 1 is 0.307 bits per heavy atom. The lowest BCUT2D eigenvalue weighted by atomic mass is 9.67. The molecule has 4 aliphatic rings. The quantitative estimate of drug-likeness (QED) is 0.0311. The van der Waals surface area contributed by atoms with Gasteiger partial charge >= 0.3 is 20.6 Å². The van der Waals surface area contributed by atoms with Crippen molar-refractivity contribution in [1.29, 1.82) is 10.5 Å². The van der Waals surface area contributed by atoms with Crippen molar-refractivity contribution in [2.75, 3.05) is 19.9 Å². The highest BCUT2D eigenvalue weighted by Gasteiger charge is 2.50. The Morgan fingerprint density at radius 2 is 0.667 bits per heavy atom. The highest BCUT2D eigenvalue weighted by Crippen LogP contribution is 2.61. The summed E-state index contributed by atoms with van der Waals surface area (Å²) in [7, 11) is -5.85. The minimum atomic E-state index is -2.93. The van der Waals surface area contributed by atoms with Crippen LogP contribution < -0.4 is 24.4 Å². The van der Waals surface area contributed by atoms with E-state index in [-0.39, 0.29) is 28.6 Å². The number of rotatable bonds is 22. The maximum absolute atomic E-state index is 15.9. The third-order valence-electron chi connectivity index (χ3n) is 30.1. The Bertz CT molecular complexity index is 9180. The number of aromatic nitrogens is 2. The van der Waals surface area contributed by atoms with E-state index in [1.165, 1.54) is 11.8 Å². The van der Waals surface area contributed by atoms with Crippen LogP contribution in [-0.2, 0) is 10.8 Å². The normalized spacial score (nSPS) is 13.6. The number of nitriles is 2. The van der Waals surface area contributed by atoms with Gasteiger partial charge in [-0.15, -0.1) is 0 Å². The fourth-order valence-corrected chi connectivity index (χ4v) is 23.5. The van der Waals surface area contributed by atoms with Crippen molar-refractivity contribution in [3.05, 3.63) is 577 Å². The summed E-state index contributed by atoms with van der Waals surface area (Å²) in [5, 5.41) is 29.4. The van der Waals surface area contributed by atoms with Crippen LogP contribution >= 0.6 is 0 Å². The number of amidine groups is 2. The highest BCUT2D eigenvalue weighted by atomic mass is 19.2. The molecule has 2 aliphatic heterocycles. The zero-order valence-electron chi connectivity index (χ0n) is 80.7. The average molecular weight is 1930 g/mol. The van der Waals surface area contributed by atoms with E-state index in [4.69, 9.17) is 15.0 Å². The lowest BCUT2D eigenvalue weighted by molar-refractivity contribution is -0.539. The zero-order chi connectivity index (χ0) is 101. The predicted octanol–water partition coefficient (Wildman–Crippen LogP) is 33.4. The molecule has 0 radical (unpaired) electrons. The van der Waals surface area contributed by atoms with Gasteiger partial charge in [0.1, 0.15) is 18.0 Å². The first kappa shape index (κ1) is 90.4. The van der Waals surface area contributed by atoms with Crippen molar-refractivity contribution in [3.63, 3.8) is 0 Å². The largest absolute Gasteiger partial charge is 0.808 e. The van der Waals surface area contributed by atoms with Crippen molar-refractivity contribution in [2.45, 2.75) is 10.8 Å². The molecule has 0 fully saturated rings. The second kappa shape index (κ2) is 37.5. The fourth-order valence-electron chi connectivity index (χ4n) is 23.5. The zero-order valence-corrected chi connectivity index (χ0v) is 80.7. The van der Waals surface area contributed by atoms with Crippen LogP contribution in [0.5, 0.6) is 0 Å². The minimum Gasteiger partial charge on any atom is -0.318 e. The number of pyridine rings is 2. The number of nitrogens with zero attached hydrogens (tertiary/aromatic N) is 9. The van der Waals surface area contributed by atoms with Gasteiger partial charge in [0.05, 0.1) is 39.4 Å². The van der Waals surface area contributed by atoms with Crippen molar-refractivity contribution in [3.8, 4) is 101 Å². The van der Waals surface area contributed by atoms with Crippen molar-refractivity contribution >= 4 is 116 Å². The van der Waals surface area contributed by atoms with Crippen LogP contribution in [0.1, 0.15) is 66.8 Å². The molecule has 0 saturated carbocycles. The number of aliphatic imine (C=N–C) groups is 2. The maximum atomic E-state index is 15.9. The number of halogens is 4. The summed E-state index contributed by atoms with van der Waals surface area (Å²) in [6.07, 6.45) is 3.33. The number of benzene rings is 20. The standard InChI is InChI=1S/C134H84B2F4N10/c137-135(138)147-86-96(110-42-25-49-122-128(110)114-40-20-22-47-120(114)134(122,99-35-15-5-16-36-99)100-37-17-6-18-38-100)64-82-126(147)146-131-115-78-77-107(111-44-26-50-123(144-131)129(111)115)91-55-69-103(70-56-91)148(101-65-51-89(52-66-101)87-27-7-1-8-28-87)105-73-59-93(60-74-105)117(83-141)118(84-142)94-61-75-106(76-62-94)149(102-67-53-90(54-68-102)88-29-9-2-10-30-88)104-71-57-92(58-72-104)108-79-80-124-130-112(108)43-23-45-116(130)132(150(124)136(139)140)145-125-81-63-95(85-143-125)109-41-24-48-121-127(109)113-39-19-21-46-119(113)133(121,97-31-11-3-12-32-97)98-33-13-4-14-34-98/h1-82,85-86H/p+1/b118-117+,145-132?. The lowest BCUT2D eigenvalue weighted by Crippen LogP contribution is -2.45. The molecule has 4 heterocycles. The summed E-state index contributed by atoms with van der Waals surface area (Å²) >= 11 is 0. The van der Waals surface area contributed by atoms with Crippen LogP contribution in [0.15, 0.2) is 520 Å². The molecule has 0 saturated heterocycles. The first-order valence-corrected chi connectivity index (χ1v) is 50.0. The van der Waals surface area contributed by atoms with E-state index in [9.17, 15) is 10.5 Å². The Balaban J connectivity index is 0.489. The van der Waals surface area contributed by atoms with Gasteiger partial charge in [0.15, 0.2) is 5.82 Å². The second-order valence-corrected chi connectivity index (χ2v) is 38.0. The van der Waals surface area contributed by atoms with Crippen LogP contribution in [0.2, 0.25) is 0 Å². The molecule has 1 N–H and O–H groups in total. The van der Waals surface area contributed by atoms with Gasteiger partial charge < -0.3 is 19.9 Å². The van der Waals surface area contributed by atoms with Crippen LogP contribution in [-0.4, -0.2) is 31.5 Å². The van der Waals surface area contributed by atoms with Gasteiger partial charge in [0, 0.05) is 79.5 Å². The van der Waals surface area contributed by atoms with Crippen molar-refractivity contribution in [2.24, 2.45) is 9.98 Å². The van der Waals surface area contributed by atoms with Crippen LogP contribution in [0.3, 0.4) is 0 Å². The van der Waals surface area contributed by atoms with Gasteiger partial charge in [-0.05, 0) is 258 Å². The van der Waals surface area contributed by atoms with E-state index in [1.54, 1.807) is 18.3 Å². The number of nitrogens with one attached hydrogen (secondary N) is 1. The van der Waals surface area contributed by atoms with Crippen LogP contribution in [0.4, 0.5) is 74.4 Å². The molecule has 0 atom stereocenters. The molecule has 0 amide bonds. The van der Waals surface area contributed by atoms with E-state index in [0.717, 1.165) is 193 Å². The summed E-state index contributed by atoms with van der Waals surface area (Å²) in [5.41, 5.74) is 32.3. The topological polar surface area (TPSA) is 111 Å². The van der Waals surface area contributed by atoms with E-state index in [1.807, 2.05) is 176 Å². The molecular formula is C134H85B2F4N10+. The molecule has 0 unspecified atom stereocenters. The summed E-state index contributed by atoms with van der Waals surface area (Å²) < 4.78 is 64.6. The lowest BCUT2D eigenvalue weighted by Gasteiger charge is -2.34. The van der Waals surface area contributed by atoms with Crippen LogP contribution in [0.25, 0.3) is 122 Å². The van der Waals surface area contributed by atoms with E-state index in [0.29, 0.717) is 39.2 Å². The number of hydrogen-bond donors (Lipinski definition) is 1. The SMILES string of the molecule is N#C/C(=C(/C#N)c1ccc(N(c2ccc(-c3ccccc3)cc2)c2ccc(-c3ccc4c5c(cccc35)C(=Nc3ccc(-c5cccc6c5-c5ccccc5C6(c5ccccc5)c5ccccc5)cn3)N4B(F)F)cc2)cc1)c1ccc(N(c2ccc(-c3ccccc3)cc2)c2ccc(-c3ccc4c5c(cccc35)NC4=Nc3ccc(-c4cccc5c4-c4ccccc4C5(c4ccccc4)c4ccccc4)c[n+]3B(F)F)cc2)cc1. The first-order valence-electron chi connectivity index (χ1n) is 50.0. The Labute approximate surface area is 866 Å². The second-order valence-electron chi connectivity index (χ2n) is 38.0. The number of allylic oxidation sites excluding steroid dienone is 2. The summed E-state index contributed by atoms with van der Waals surface area (Å²) in [6.45, 7) is 0. The van der Waals surface area contributed by atoms with Gasteiger partial charge in [0.2, 0.25) is 0 Å². The molecule has 22 aromatic rings. The minimum absolute atomic E-state index is 0.0890. The number of anilines is 8. The Morgan fingerprint density at radius 3 is 1.11 bits per heavy atom. The molecule has 10 nitrogen and oxygen atoms in total. The molecule has 0 spiro atoms. The van der Waals surface area contributed by atoms with Gasteiger partial charge in [0.25, 0.3) is 5.84 Å². The average Bonchev–Trinajstić information content (AvgIpc) is 1.53. The molecular weight excluding hydrogens is 1850 g/mol. The van der Waals surface area contributed by atoms with Gasteiger partial charge in [-0.25, -0.2) is 23.1 Å². The smallest absolute Gasteiger partial charge is 0.318 e. The highest BCUT2D eigenvalue weighted by molar-refractivity contribution is 6.60. The third-order valence-corrected chi connectivity index (χ3v) is 30.1. The van der Waals surface area contributed by atoms with Crippen molar-refractivity contribution in [1.82, 2.24) is 4.98 Å². The molecule has 16 heteroatoms. The van der Waals surface area contributed by atoms with Crippen LogP contribution in [0, 0.1) is 22.7 Å².